The fourth-order valence-corrected chi connectivity index (χ4v) is 5.26. The Bertz CT molecular complexity index is 1390. The molecular weight excluding hydrogens is 492 g/mol. The van der Waals surface area contributed by atoms with Crippen LogP contribution in [-0.2, 0) is 11.2 Å². The molecule has 1 saturated heterocycles. The molecule has 1 aliphatic heterocycles. The van der Waals surface area contributed by atoms with E-state index >= 15 is 0 Å². The number of nitrogens with zero attached hydrogens (tertiary/aromatic N) is 4. The largest absolute Gasteiger partial charge is 0.484 e. The van der Waals surface area contributed by atoms with Crippen molar-refractivity contribution in [2.45, 2.75) is 19.4 Å². The van der Waals surface area contributed by atoms with Crippen molar-refractivity contribution in [3.8, 4) is 11.8 Å². The summed E-state index contributed by atoms with van der Waals surface area (Å²) in [6.45, 7) is 3.93. The fraction of sp³-hybridized carbons (Fsp3) is 0.370. The van der Waals surface area contributed by atoms with E-state index in [4.69, 9.17) is 14.6 Å². The molecule has 194 valence electrons. The number of aromatic nitrogens is 2. The number of aliphatic hydroxyl groups is 2. The van der Waals surface area contributed by atoms with Crippen molar-refractivity contribution in [2.24, 2.45) is 0 Å². The monoisotopic (exact) mass is 522 g/mol. The number of hydrogen-bond acceptors (Lipinski definition) is 9. The third-order valence-electron chi connectivity index (χ3n) is 6.38. The van der Waals surface area contributed by atoms with Crippen LogP contribution in [0.1, 0.15) is 11.8 Å². The van der Waals surface area contributed by atoms with Crippen LogP contribution in [0.3, 0.4) is 0 Å². The van der Waals surface area contributed by atoms with Gasteiger partial charge in [-0.25, -0.2) is 0 Å². The Kier molecular flexibility index (Phi) is 7.68. The number of ether oxygens (including phenoxy) is 2. The second-order valence-corrected chi connectivity index (χ2v) is 10.0. The van der Waals surface area contributed by atoms with Gasteiger partial charge in [-0.15, -0.1) is 11.3 Å². The number of piperazine rings is 1. The highest BCUT2D eigenvalue weighted by atomic mass is 32.1. The SMILES string of the molecule is CCc1cc2c(N3CCN(C(=O)COc4ccc5ccccc5c4)CC3)nc(OC[C@H](O)CO)nc2s1. The Morgan fingerprint density at radius 1 is 1.05 bits per heavy atom. The number of fused-ring (bicyclic) bond motifs is 2. The van der Waals surface area contributed by atoms with Crippen molar-refractivity contribution in [1.29, 1.82) is 0 Å². The summed E-state index contributed by atoms with van der Waals surface area (Å²) in [5, 5.41) is 21.9. The van der Waals surface area contributed by atoms with Crippen molar-refractivity contribution < 1.29 is 24.5 Å². The van der Waals surface area contributed by atoms with Gasteiger partial charge >= 0.3 is 6.01 Å². The maximum atomic E-state index is 12.9. The van der Waals surface area contributed by atoms with Crippen LogP contribution in [0.5, 0.6) is 11.8 Å². The number of hydrogen-bond donors (Lipinski definition) is 2. The van der Waals surface area contributed by atoms with Gasteiger partial charge in [0.2, 0.25) is 0 Å². The number of amides is 1. The summed E-state index contributed by atoms with van der Waals surface area (Å²) in [5.74, 6) is 1.39. The zero-order valence-electron chi connectivity index (χ0n) is 20.7. The first-order valence-electron chi connectivity index (χ1n) is 12.4. The molecule has 0 saturated carbocycles. The third-order valence-corrected chi connectivity index (χ3v) is 7.56. The van der Waals surface area contributed by atoms with Gasteiger partial charge in [0.1, 0.15) is 29.1 Å². The van der Waals surface area contributed by atoms with Gasteiger partial charge in [-0.2, -0.15) is 9.97 Å². The van der Waals surface area contributed by atoms with E-state index in [1.54, 1.807) is 11.3 Å². The topological polar surface area (TPSA) is 108 Å². The molecule has 0 bridgehead atoms. The Balaban J connectivity index is 1.23. The average Bonchev–Trinajstić information content (AvgIpc) is 3.37. The van der Waals surface area contributed by atoms with Crippen LogP contribution in [0.2, 0.25) is 0 Å². The van der Waals surface area contributed by atoms with Crippen molar-refractivity contribution in [1.82, 2.24) is 14.9 Å². The van der Waals surface area contributed by atoms with Gasteiger partial charge in [-0.05, 0) is 35.4 Å². The Labute approximate surface area is 218 Å². The van der Waals surface area contributed by atoms with Crippen molar-refractivity contribution in [3.63, 3.8) is 0 Å². The summed E-state index contributed by atoms with van der Waals surface area (Å²) in [6, 6.07) is 16.1. The molecule has 1 aliphatic rings. The molecule has 0 unspecified atom stereocenters. The lowest BCUT2D eigenvalue weighted by Gasteiger charge is -2.35. The van der Waals surface area contributed by atoms with Gasteiger partial charge in [0.15, 0.2) is 6.61 Å². The maximum Gasteiger partial charge on any atom is 0.319 e. The lowest BCUT2D eigenvalue weighted by Crippen LogP contribution is -2.50. The van der Waals surface area contributed by atoms with Gasteiger partial charge in [-0.1, -0.05) is 37.3 Å². The maximum absolute atomic E-state index is 12.9. The van der Waals surface area contributed by atoms with E-state index < -0.39 is 12.7 Å². The Hall–Kier alpha value is -3.47. The number of thiophene rings is 1. The van der Waals surface area contributed by atoms with E-state index in [-0.39, 0.29) is 25.1 Å². The lowest BCUT2D eigenvalue weighted by molar-refractivity contribution is -0.133. The average molecular weight is 523 g/mol. The number of benzene rings is 2. The van der Waals surface area contributed by atoms with E-state index in [1.807, 2.05) is 47.4 Å². The van der Waals surface area contributed by atoms with Crippen molar-refractivity contribution >= 4 is 44.1 Å². The van der Waals surface area contributed by atoms with Gasteiger partial charge in [-0.3, -0.25) is 4.79 Å². The molecule has 37 heavy (non-hydrogen) atoms. The smallest absolute Gasteiger partial charge is 0.319 e. The number of carbonyl (C=O) groups is 1. The Morgan fingerprint density at radius 2 is 1.84 bits per heavy atom. The van der Waals surface area contributed by atoms with E-state index in [2.05, 4.69) is 27.9 Å². The molecule has 1 fully saturated rings. The summed E-state index contributed by atoms with van der Waals surface area (Å²) in [6.07, 6.45) is -0.108. The zero-order chi connectivity index (χ0) is 25.8. The molecule has 2 aromatic heterocycles. The Morgan fingerprint density at radius 3 is 2.59 bits per heavy atom. The predicted molar refractivity (Wildman–Crippen MR) is 144 cm³/mol. The minimum atomic E-state index is -0.997. The van der Waals surface area contributed by atoms with Gasteiger partial charge in [0.25, 0.3) is 5.91 Å². The molecule has 10 heteroatoms. The normalized spacial score (nSPS) is 14.8. The van der Waals surface area contributed by atoms with Crippen molar-refractivity contribution in [2.75, 3.05) is 50.9 Å². The van der Waals surface area contributed by atoms with E-state index in [1.165, 1.54) is 4.88 Å². The minimum Gasteiger partial charge on any atom is -0.484 e. The van der Waals surface area contributed by atoms with Gasteiger partial charge in [0, 0.05) is 31.1 Å². The van der Waals surface area contributed by atoms with Crippen LogP contribution in [0, 0.1) is 0 Å². The highest BCUT2D eigenvalue weighted by molar-refractivity contribution is 7.18. The molecule has 1 amide bonds. The zero-order valence-corrected chi connectivity index (χ0v) is 21.5. The number of aliphatic hydroxyl groups excluding tert-OH is 2. The van der Waals surface area contributed by atoms with E-state index in [0.29, 0.717) is 31.9 Å². The summed E-state index contributed by atoms with van der Waals surface area (Å²) >= 11 is 1.59. The molecule has 0 radical (unpaired) electrons. The quantitative estimate of drug-likeness (QED) is 0.346. The predicted octanol–water partition coefficient (Wildman–Crippen LogP) is 2.87. The summed E-state index contributed by atoms with van der Waals surface area (Å²) < 4.78 is 11.4. The van der Waals surface area contributed by atoms with Crippen LogP contribution in [-0.4, -0.2) is 83.1 Å². The molecule has 4 aromatic rings. The van der Waals surface area contributed by atoms with Crippen LogP contribution in [0.25, 0.3) is 21.0 Å². The number of aryl methyl sites for hydroxylation is 1. The fourth-order valence-electron chi connectivity index (χ4n) is 4.30. The summed E-state index contributed by atoms with van der Waals surface area (Å²) in [7, 11) is 0. The molecule has 1 atom stereocenters. The van der Waals surface area contributed by atoms with Crippen molar-refractivity contribution in [3.05, 3.63) is 53.4 Å². The number of carbonyl (C=O) groups excluding carboxylic acids is 1. The summed E-state index contributed by atoms with van der Waals surface area (Å²) in [4.78, 5) is 28.0. The molecule has 5 rings (SSSR count). The molecule has 3 heterocycles. The van der Waals surface area contributed by atoms with Crippen LogP contribution in [0.4, 0.5) is 5.82 Å². The highest BCUT2D eigenvalue weighted by Gasteiger charge is 2.25. The molecular formula is C27H30N4O5S. The first-order valence-corrected chi connectivity index (χ1v) is 13.2. The number of anilines is 1. The molecule has 2 aromatic carbocycles. The lowest BCUT2D eigenvalue weighted by atomic mass is 10.1. The van der Waals surface area contributed by atoms with Crippen LogP contribution >= 0.6 is 11.3 Å². The molecule has 0 aliphatic carbocycles. The third kappa shape index (κ3) is 5.76. The second kappa shape index (κ2) is 11.3. The van der Waals surface area contributed by atoms with Crippen LogP contribution < -0.4 is 14.4 Å². The van der Waals surface area contributed by atoms with Crippen LogP contribution in [0.15, 0.2) is 48.5 Å². The molecule has 2 N–H and O–H groups in total. The standard InChI is InChI=1S/C27H30N4O5S/c1-2-22-14-23-25(28-27(29-26(23)37-22)36-16-20(33)15-32)31-11-9-30(10-12-31)24(34)17-35-21-8-7-18-5-3-4-6-19(18)13-21/h3-8,13-14,20,32-33H,2,9-12,15-17H2,1H3/t20-/m1/s1. The first kappa shape index (κ1) is 25.2. The van der Waals surface area contributed by atoms with Gasteiger partial charge < -0.3 is 29.5 Å². The van der Waals surface area contributed by atoms with E-state index in [9.17, 15) is 9.90 Å². The first-order chi connectivity index (χ1) is 18.0. The van der Waals surface area contributed by atoms with Gasteiger partial charge in [0.05, 0.1) is 12.0 Å². The number of rotatable bonds is 9. The second-order valence-electron chi connectivity index (χ2n) is 8.93. The molecule has 0 spiro atoms. The minimum absolute atomic E-state index is 0.00828. The van der Waals surface area contributed by atoms with E-state index in [0.717, 1.165) is 33.2 Å². The highest BCUT2D eigenvalue weighted by Crippen LogP contribution is 2.33. The summed E-state index contributed by atoms with van der Waals surface area (Å²) in [5.41, 5.74) is 0. The molecule has 9 nitrogen and oxygen atoms in total.